The molecule has 0 saturated heterocycles. The van der Waals surface area contributed by atoms with Gasteiger partial charge in [-0.1, -0.05) is 23.5 Å². The standard InChI is InChI=1S/C28H29F2N5O6S2/c1-28(2,3)41-27(38)32-20-14-43(39,40)22-11-19(30)18(24(36)31-12-15-4-8-17(29)9-5-15)10-21(22)35(26(20)37)13-23-33-34-25(42-23)16-6-7-16/h4-5,8-11,16,20H,6-7,12-14H2,1-3H3,(H,31,36)(H,32,38)/t20-/m0/s1. The summed E-state index contributed by atoms with van der Waals surface area (Å²) in [6.45, 7) is 4.53. The van der Waals surface area contributed by atoms with E-state index in [2.05, 4.69) is 20.8 Å². The van der Waals surface area contributed by atoms with Crippen LogP contribution in [0.25, 0.3) is 0 Å². The van der Waals surface area contributed by atoms with Crippen LogP contribution in [0.3, 0.4) is 0 Å². The lowest BCUT2D eigenvalue weighted by molar-refractivity contribution is -0.120. The fourth-order valence-electron chi connectivity index (χ4n) is 4.42. The van der Waals surface area contributed by atoms with Gasteiger partial charge >= 0.3 is 6.09 Å². The summed E-state index contributed by atoms with van der Waals surface area (Å²) in [5, 5.41) is 14.4. The quantitative estimate of drug-likeness (QED) is 0.399. The molecule has 1 aliphatic carbocycles. The molecular weight excluding hydrogens is 604 g/mol. The van der Waals surface area contributed by atoms with Gasteiger partial charge in [0.1, 0.15) is 33.3 Å². The Morgan fingerprint density at radius 1 is 1.12 bits per heavy atom. The fourth-order valence-corrected chi connectivity index (χ4v) is 7.04. The van der Waals surface area contributed by atoms with Crippen LogP contribution in [0.2, 0.25) is 0 Å². The third kappa shape index (κ3) is 7.16. The third-order valence-corrected chi connectivity index (χ3v) is 9.47. The summed E-state index contributed by atoms with van der Waals surface area (Å²) in [5.74, 6) is -3.87. The molecule has 2 heterocycles. The number of carbonyl (C=O) groups excluding carboxylic acids is 3. The predicted octanol–water partition coefficient (Wildman–Crippen LogP) is 3.84. The van der Waals surface area contributed by atoms with Gasteiger partial charge in [0, 0.05) is 12.5 Å². The highest BCUT2D eigenvalue weighted by Gasteiger charge is 2.41. The zero-order valence-electron chi connectivity index (χ0n) is 23.5. The number of nitrogens with zero attached hydrogens (tertiary/aromatic N) is 3. The molecule has 1 aliphatic heterocycles. The second-order valence-corrected chi connectivity index (χ2v) is 14.4. The minimum absolute atomic E-state index is 0.0623. The van der Waals surface area contributed by atoms with E-state index in [0.29, 0.717) is 16.6 Å². The lowest BCUT2D eigenvalue weighted by atomic mass is 10.1. The normalized spacial score (nSPS) is 18.0. The van der Waals surface area contributed by atoms with Crippen LogP contribution in [0.1, 0.15) is 65.5 Å². The molecule has 2 aromatic carbocycles. The lowest BCUT2D eigenvalue weighted by Gasteiger charge is -2.26. The second-order valence-electron chi connectivity index (χ2n) is 11.3. The molecule has 0 radical (unpaired) electrons. The predicted molar refractivity (Wildman–Crippen MR) is 152 cm³/mol. The van der Waals surface area contributed by atoms with Crippen molar-refractivity contribution in [2.24, 2.45) is 0 Å². The average Bonchev–Trinajstić information content (AvgIpc) is 3.67. The number of aromatic nitrogens is 2. The highest BCUT2D eigenvalue weighted by molar-refractivity contribution is 7.91. The van der Waals surface area contributed by atoms with Crippen LogP contribution in [-0.4, -0.2) is 53.9 Å². The van der Waals surface area contributed by atoms with Crippen LogP contribution in [0, 0.1) is 11.6 Å². The second kappa shape index (κ2) is 11.6. The van der Waals surface area contributed by atoms with E-state index >= 15 is 4.39 Å². The van der Waals surface area contributed by atoms with Crippen LogP contribution >= 0.6 is 11.3 Å². The van der Waals surface area contributed by atoms with Gasteiger partial charge in [0.2, 0.25) is 0 Å². The Bertz CT molecular complexity index is 1680. The van der Waals surface area contributed by atoms with Crippen LogP contribution in [0.4, 0.5) is 19.3 Å². The average molecular weight is 634 g/mol. The number of anilines is 1. The number of sulfone groups is 1. The van der Waals surface area contributed by atoms with Crippen LogP contribution in [0.5, 0.6) is 0 Å². The van der Waals surface area contributed by atoms with Crippen LogP contribution in [0.15, 0.2) is 41.3 Å². The molecule has 5 rings (SSSR count). The monoisotopic (exact) mass is 633 g/mol. The Labute approximate surface area is 250 Å². The number of fused-ring (bicyclic) bond motifs is 1. The maximum Gasteiger partial charge on any atom is 0.408 e. The van der Waals surface area contributed by atoms with Crippen molar-refractivity contribution in [1.29, 1.82) is 0 Å². The van der Waals surface area contributed by atoms with Crippen LogP contribution < -0.4 is 15.5 Å². The van der Waals surface area contributed by atoms with Gasteiger partial charge < -0.3 is 20.3 Å². The summed E-state index contributed by atoms with van der Waals surface area (Å²) in [5.41, 5.74) is -1.13. The van der Waals surface area contributed by atoms with Gasteiger partial charge in [-0.05, 0) is 63.4 Å². The third-order valence-electron chi connectivity index (χ3n) is 6.63. The first-order chi connectivity index (χ1) is 20.2. The molecule has 228 valence electrons. The van der Waals surface area contributed by atoms with Gasteiger partial charge in [-0.3, -0.25) is 9.59 Å². The zero-order valence-corrected chi connectivity index (χ0v) is 25.2. The Hall–Kier alpha value is -3.98. The van der Waals surface area contributed by atoms with Gasteiger partial charge in [0.25, 0.3) is 11.8 Å². The van der Waals surface area contributed by atoms with E-state index in [1.807, 2.05) is 0 Å². The highest BCUT2D eigenvalue weighted by atomic mass is 32.2. The van der Waals surface area contributed by atoms with Crippen molar-refractivity contribution in [1.82, 2.24) is 20.8 Å². The van der Waals surface area contributed by atoms with E-state index in [1.54, 1.807) is 20.8 Å². The van der Waals surface area contributed by atoms with Crippen molar-refractivity contribution in [2.45, 2.75) is 69.2 Å². The minimum atomic E-state index is -4.37. The Balaban J connectivity index is 1.51. The number of ether oxygens (including phenoxy) is 1. The first kappa shape index (κ1) is 30.5. The van der Waals surface area contributed by atoms with E-state index in [-0.39, 0.29) is 24.7 Å². The maximum absolute atomic E-state index is 15.3. The Morgan fingerprint density at radius 2 is 1.81 bits per heavy atom. The van der Waals surface area contributed by atoms with Crippen molar-refractivity contribution >= 4 is 44.8 Å². The van der Waals surface area contributed by atoms with E-state index in [0.717, 1.165) is 28.8 Å². The number of halogens is 2. The molecule has 15 heteroatoms. The molecule has 2 N–H and O–H groups in total. The Morgan fingerprint density at radius 3 is 2.47 bits per heavy atom. The molecular formula is C28H29F2N5O6S2. The summed E-state index contributed by atoms with van der Waals surface area (Å²) < 4.78 is 60.8. The molecule has 0 unspecified atom stereocenters. The number of amides is 3. The van der Waals surface area contributed by atoms with Crippen molar-refractivity contribution in [2.75, 3.05) is 10.7 Å². The van der Waals surface area contributed by atoms with E-state index < -0.39 is 67.2 Å². The molecule has 1 atom stereocenters. The van der Waals surface area contributed by atoms with Gasteiger partial charge in [-0.15, -0.1) is 10.2 Å². The molecule has 11 nitrogen and oxygen atoms in total. The molecule has 2 aliphatic rings. The van der Waals surface area contributed by atoms with E-state index in [9.17, 15) is 27.2 Å². The molecule has 0 spiro atoms. The van der Waals surface area contributed by atoms with Gasteiger partial charge in [0.05, 0.1) is 28.4 Å². The Kier molecular flexibility index (Phi) is 8.22. The SMILES string of the molecule is CC(C)(C)OC(=O)N[C@H]1CS(=O)(=O)c2cc(F)c(C(=O)NCc3ccc(F)cc3)cc2N(Cc2nnc(C3CC3)s2)C1=O. The van der Waals surface area contributed by atoms with Crippen LogP contribution in [-0.2, 0) is 32.5 Å². The topological polar surface area (TPSA) is 148 Å². The summed E-state index contributed by atoms with van der Waals surface area (Å²) in [6, 6.07) is 5.44. The minimum Gasteiger partial charge on any atom is -0.444 e. The number of nitrogens with one attached hydrogen (secondary N) is 2. The van der Waals surface area contributed by atoms with Crippen molar-refractivity contribution in [3.8, 4) is 0 Å². The number of alkyl carbamates (subject to hydrolysis) is 1. The fraction of sp³-hybridized carbons (Fsp3) is 0.393. The molecule has 0 bridgehead atoms. The molecule has 1 saturated carbocycles. The van der Waals surface area contributed by atoms with E-state index in [4.69, 9.17) is 4.74 Å². The van der Waals surface area contributed by atoms with E-state index in [1.165, 1.54) is 35.6 Å². The smallest absolute Gasteiger partial charge is 0.408 e. The molecule has 43 heavy (non-hydrogen) atoms. The number of hydrogen-bond acceptors (Lipinski definition) is 9. The zero-order chi connectivity index (χ0) is 31.1. The van der Waals surface area contributed by atoms with Crippen molar-refractivity contribution in [3.05, 3.63) is 69.2 Å². The molecule has 3 amide bonds. The van der Waals surface area contributed by atoms with Crippen molar-refractivity contribution in [3.63, 3.8) is 0 Å². The number of benzene rings is 2. The molecule has 1 aromatic heterocycles. The summed E-state index contributed by atoms with van der Waals surface area (Å²) in [4.78, 5) is 40.0. The summed E-state index contributed by atoms with van der Waals surface area (Å²) in [6.07, 6.45) is 0.928. The summed E-state index contributed by atoms with van der Waals surface area (Å²) >= 11 is 1.27. The first-order valence-corrected chi connectivity index (χ1v) is 15.9. The lowest BCUT2D eigenvalue weighted by Crippen LogP contribution is -2.51. The number of rotatable bonds is 7. The molecule has 1 fully saturated rings. The first-order valence-electron chi connectivity index (χ1n) is 13.4. The van der Waals surface area contributed by atoms with Gasteiger partial charge in [-0.2, -0.15) is 0 Å². The number of carbonyl (C=O) groups is 3. The van der Waals surface area contributed by atoms with Gasteiger partial charge in [0.15, 0.2) is 9.84 Å². The van der Waals surface area contributed by atoms with Gasteiger partial charge in [-0.25, -0.2) is 22.0 Å². The largest absolute Gasteiger partial charge is 0.444 e. The maximum atomic E-state index is 15.3. The van der Waals surface area contributed by atoms with Crippen molar-refractivity contribution < 1.29 is 36.3 Å². The highest BCUT2D eigenvalue weighted by Crippen LogP contribution is 2.42. The number of hydrogen-bond donors (Lipinski definition) is 2. The molecule has 3 aromatic rings. The summed E-state index contributed by atoms with van der Waals surface area (Å²) in [7, 11) is -4.37.